The van der Waals surface area contributed by atoms with Gasteiger partial charge in [-0.25, -0.2) is 0 Å². The smallest absolute Gasteiger partial charge is 0.266 e. The first kappa shape index (κ1) is 13.6. The van der Waals surface area contributed by atoms with Gasteiger partial charge in [0.15, 0.2) is 11.5 Å². The van der Waals surface area contributed by atoms with E-state index < -0.39 is 5.91 Å². The molecule has 0 spiro atoms. The van der Waals surface area contributed by atoms with Crippen LogP contribution in [0.15, 0.2) is 48.2 Å². The summed E-state index contributed by atoms with van der Waals surface area (Å²) >= 11 is 0. The van der Waals surface area contributed by atoms with Crippen molar-refractivity contribution in [2.24, 2.45) is 0 Å². The lowest BCUT2D eigenvalue weighted by Gasteiger charge is -2.05. The number of aromatic nitrogens is 1. The minimum absolute atomic E-state index is 0.0311. The number of nitrogens with one attached hydrogen (secondary N) is 1. The van der Waals surface area contributed by atoms with E-state index in [0.717, 1.165) is 0 Å². The van der Waals surface area contributed by atoms with Gasteiger partial charge in [0, 0.05) is 18.0 Å². The van der Waals surface area contributed by atoms with E-state index in [4.69, 9.17) is 14.7 Å². The highest BCUT2D eigenvalue weighted by Gasteiger charge is 2.15. The van der Waals surface area contributed by atoms with E-state index in [2.05, 4.69) is 10.3 Å². The fraction of sp³-hybridized carbons (Fsp3) is 0.0625. The van der Waals surface area contributed by atoms with Crippen LogP contribution in [0.25, 0.3) is 6.08 Å². The maximum atomic E-state index is 12.1. The molecule has 1 aromatic carbocycles. The molecule has 1 amide bonds. The summed E-state index contributed by atoms with van der Waals surface area (Å²) in [7, 11) is 0. The van der Waals surface area contributed by atoms with Crippen molar-refractivity contribution in [3.05, 3.63) is 53.9 Å². The number of nitrogens with zero attached hydrogens (tertiary/aromatic N) is 2. The average Bonchev–Trinajstić information content (AvgIpc) is 3.01. The lowest BCUT2D eigenvalue weighted by molar-refractivity contribution is -0.112. The second kappa shape index (κ2) is 5.97. The Balaban J connectivity index is 1.78. The molecule has 2 aromatic rings. The zero-order chi connectivity index (χ0) is 15.4. The molecule has 2 heterocycles. The highest BCUT2D eigenvalue weighted by molar-refractivity contribution is 6.09. The molecule has 0 atom stereocenters. The molecule has 3 rings (SSSR count). The molecule has 0 bridgehead atoms. The van der Waals surface area contributed by atoms with Crippen LogP contribution in [-0.2, 0) is 4.79 Å². The van der Waals surface area contributed by atoms with Crippen LogP contribution >= 0.6 is 0 Å². The maximum Gasteiger partial charge on any atom is 0.266 e. The molecular formula is C16H11N3O3. The number of pyridine rings is 1. The zero-order valence-corrected chi connectivity index (χ0v) is 11.4. The molecular weight excluding hydrogens is 282 g/mol. The summed E-state index contributed by atoms with van der Waals surface area (Å²) in [6.45, 7) is 0.162. The molecule has 6 nitrogen and oxygen atoms in total. The Morgan fingerprint density at radius 3 is 2.91 bits per heavy atom. The van der Waals surface area contributed by atoms with Gasteiger partial charge in [0.05, 0.1) is 5.69 Å². The van der Waals surface area contributed by atoms with Crippen molar-refractivity contribution < 1.29 is 14.3 Å². The van der Waals surface area contributed by atoms with Crippen LogP contribution in [0.4, 0.5) is 5.69 Å². The number of carbonyl (C=O) groups excluding carboxylic acids is 1. The molecule has 0 fully saturated rings. The van der Waals surface area contributed by atoms with Crippen LogP contribution in [0, 0.1) is 11.3 Å². The summed E-state index contributed by atoms with van der Waals surface area (Å²) in [5.41, 5.74) is 1.03. The van der Waals surface area contributed by atoms with Crippen LogP contribution in [0.2, 0.25) is 0 Å². The largest absolute Gasteiger partial charge is 0.454 e. The van der Waals surface area contributed by atoms with Gasteiger partial charge in [-0.2, -0.15) is 5.26 Å². The Morgan fingerprint density at radius 1 is 1.27 bits per heavy atom. The lowest BCUT2D eigenvalue weighted by atomic mass is 10.2. The molecule has 0 aliphatic carbocycles. The third-order valence-electron chi connectivity index (χ3n) is 2.98. The first-order valence-electron chi connectivity index (χ1n) is 6.50. The average molecular weight is 293 g/mol. The predicted octanol–water partition coefficient (Wildman–Crippen LogP) is 2.36. The summed E-state index contributed by atoms with van der Waals surface area (Å²) in [6.07, 6.45) is 3.03. The van der Waals surface area contributed by atoms with Gasteiger partial charge in [-0.05, 0) is 30.3 Å². The van der Waals surface area contributed by atoms with Crippen molar-refractivity contribution in [2.75, 3.05) is 12.1 Å². The fourth-order valence-electron chi connectivity index (χ4n) is 1.93. The quantitative estimate of drug-likeness (QED) is 0.693. The Morgan fingerprint density at radius 2 is 2.14 bits per heavy atom. The molecule has 1 N–H and O–H groups in total. The molecule has 108 valence electrons. The van der Waals surface area contributed by atoms with E-state index in [1.807, 2.05) is 6.07 Å². The van der Waals surface area contributed by atoms with Crippen molar-refractivity contribution in [3.8, 4) is 17.6 Å². The van der Waals surface area contributed by atoms with Crippen molar-refractivity contribution in [2.45, 2.75) is 0 Å². The predicted molar refractivity (Wildman–Crippen MR) is 79.0 cm³/mol. The topological polar surface area (TPSA) is 84.2 Å². The normalized spacial score (nSPS) is 12.6. The van der Waals surface area contributed by atoms with Gasteiger partial charge >= 0.3 is 0 Å². The highest BCUT2D eigenvalue weighted by atomic mass is 16.7. The number of fused-ring (bicyclic) bond motifs is 1. The van der Waals surface area contributed by atoms with E-state index >= 15 is 0 Å². The van der Waals surface area contributed by atoms with Crippen molar-refractivity contribution in [1.29, 1.82) is 5.26 Å². The first-order chi connectivity index (χ1) is 10.8. The van der Waals surface area contributed by atoms with Gasteiger partial charge in [-0.3, -0.25) is 9.78 Å². The third kappa shape index (κ3) is 2.88. The standard InChI is InChI=1S/C16H11N3O3/c17-9-11(7-12-3-1-2-6-18-12)16(20)19-13-4-5-14-15(8-13)22-10-21-14/h1-8H,10H2,(H,19,20). The molecule has 6 heteroatoms. The second-order valence-electron chi connectivity index (χ2n) is 4.45. The number of benzene rings is 1. The van der Waals surface area contributed by atoms with Crippen LogP contribution in [0.3, 0.4) is 0 Å². The number of carbonyl (C=O) groups is 1. The van der Waals surface area contributed by atoms with Crippen molar-refractivity contribution in [3.63, 3.8) is 0 Å². The van der Waals surface area contributed by atoms with E-state index in [0.29, 0.717) is 22.9 Å². The summed E-state index contributed by atoms with van der Waals surface area (Å²) in [5.74, 6) is 0.680. The van der Waals surface area contributed by atoms with E-state index in [-0.39, 0.29) is 12.4 Å². The first-order valence-corrected chi connectivity index (χ1v) is 6.50. The number of amides is 1. The highest BCUT2D eigenvalue weighted by Crippen LogP contribution is 2.34. The minimum atomic E-state index is -0.507. The number of anilines is 1. The Hall–Kier alpha value is -3.33. The van der Waals surface area contributed by atoms with Gasteiger partial charge < -0.3 is 14.8 Å². The molecule has 1 aliphatic heterocycles. The summed E-state index contributed by atoms with van der Waals surface area (Å²) < 4.78 is 10.4. The van der Waals surface area contributed by atoms with Gasteiger partial charge in [0.1, 0.15) is 11.6 Å². The summed E-state index contributed by atoms with van der Waals surface area (Å²) in [4.78, 5) is 16.2. The fourth-order valence-corrected chi connectivity index (χ4v) is 1.93. The number of hydrogen-bond acceptors (Lipinski definition) is 5. The summed E-state index contributed by atoms with van der Waals surface area (Å²) in [6, 6.07) is 12.2. The molecule has 0 radical (unpaired) electrons. The number of rotatable bonds is 3. The van der Waals surface area contributed by atoms with E-state index in [1.54, 1.807) is 42.6 Å². The van der Waals surface area contributed by atoms with Crippen molar-refractivity contribution >= 4 is 17.7 Å². The molecule has 0 unspecified atom stereocenters. The Bertz CT molecular complexity index is 779. The monoisotopic (exact) mass is 293 g/mol. The van der Waals surface area contributed by atoms with Gasteiger partial charge in [-0.1, -0.05) is 6.07 Å². The van der Waals surface area contributed by atoms with Crippen LogP contribution in [-0.4, -0.2) is 17.7 Å². The Labute approximate surface area is 126 Å². The van der Waals surface area contributed by atoms with Crippen LogP contribution in [0.1, 0.15) is 5.69 Å². The third-order valence-corrected chi connectivity index (χ3v) is 2.98. The molecule has 22 heavy (non-hydrogen) atoms. The van der Waals surface area contributed by atoms with Gasteiger partial charge in [-0.15, -0.1) is 0 Å². The van der Waals surface area contributed by atoms with E-state index in [9.17, 15) is 4.79 Å². The number of nitriles is 1. The van der Waals surface area contributed by atoms with Crippen LogP contribution < -0.4 is 14.8 Å². The number of hydrogen-bond donors (Lipinski definition) is 1. The second-order valence-corrected chi connectivity index (χ2v) is 4.45. The van der Waals surface area contributed by atoms with Gasteiger partial charge in [0.25, 0.3) is 5.91 Å². The van der Waals surface area contributed by atoms with Gasteiger partial charge in [0.2, 0.25) is 6.79 Å². The van der Waals surface area contributed by atoms with Crippen molar-refractivity contribution in [1.82, 2.24) is 4.98 Å². The van der Waals surface area contributed by atoms with E-state index in [1.165, 1.54) is 6.08 Å². The zero-order valence-electron chi connectivity index (χ0n) is 11.4. The molecule has 0 saturated carbocycles. The SMILES string of the molecule is N#CC(=Cc1ccccn1)C(=O)Nc1ccc2c(c1)OCO2. The maximum absolute atomic E-state index is 12.1. The Kier molecular flexibility index (Phi) is 3.70. The summed E-state index contributed by atoms with van der Waals surface area (Å²) in [5, 5.41) is 11.8. The lowest BCUT2D eigenvalue weighted by Crippen LogP contribution is -2.13. The number of ether oxygens (including phenoxy) is 2. The minimum Gasteiger partial charge on any atom is -0.454 e. The van der Waals surface area contributed by atoms with Crippen LogP contribution in [0.5, 0.6) is 11.5 Å². The molecule has 1 aliphatic rings. The molecule has 0 saturated heterocycles. The molecule has 1 aromatic heterocycles.